The second kappa shape index (κ2) is 7.38. The van der Waals surface area contributed by atoms with Crippen LogP contribution in [0.3, 0.4) is 0 Å². The highest BCUT2D eigenvalue weighted by atomic mass is 32.2. The van der Waals surface area contributed by atoms with Gasteiger partial charge in [-0.2, -0.15) is 0 Å². The lowest BCUT2D eigenvalue weighted by molar-refractivity contribution is 0.244. The van der Waals surface area contributed by atoms with Crippen LogP contribution in [0.1, 0.15) is 31.2 Å². The molecule has 2 N–H and O–H groups in total. The van der Waals surface area contributed by atoms with E-state index in [9.17, 15) is 8.42 Å². The summed E-state index contributed by atoms with van der Waals surface area (Å²) in [4.78, 5) is 0. The molecule has 2 unspecified atom stereocenters. The molecule has 1 fully saturated rings. The van der Waals surface area contributed by atoms with E-state index in [0.29, 0.717) is 19.0 Å². The Labute approximate surface area is 128 Å². The Hall–Kier alpha value is -0.910. The first kappa shape index (κ1) is 16.5. The van der Waals surface area contributed by atoms with E-state index < -0.39 is 10.0 Å². The van der Waals surface area contributed by atoms with Crippen molar-refractivity contribution in [2.75, 3.05) is 19.3 Å². The van der Waals surface area contributed by atoms with Gasteiger partial charge in [0.1, 0.15) is 0 Å². The van der Waals surface area contributed by atoms with Gasteiger partial charge in [-0.25, -0.2) is 12.7 Å². The lowest BCUT2D eigenvalue weighted by Crippen LogP contribution is -2.41. The van der Waals surface area contributed by atoms with E-state index in [2.05, 4.69) is 12.1 Å². The number of hydrogen-bond acceptors (Lipinski definition) is 3. The summed E-state index contributed by atoms with van der Waals surface area (Å²) in [5, 5.41) is 0. The van der Waals surface area contributed by atoms with Crippen LogP contribution in [0.25, 0.3) is 0 Å². The minimum absolute atomic E-state index is 0.148. The molecular formula is C16H26N2O2S. The number of aryl methyl sites for hydroxylation is 1. The normalized spacial score (nSPS) is 22.1. The molecule has 2 rings (SSSR count). The number of benzene rings is 1. The van der Waals surface area contributed by atoms with Crippen LogP contribution in [-0.4, -0.2) is 38.1 Å². The maximum atomic E-state index is 11.6. The quantitative estimate of drug-likeness (QED) is 0.874. The first-order valence-electron chi connectivity index (χ1n) is 7.70. The van der Waals surface area contributed by atoms with Crippen molar-refractivity contribution in [3.63, 3.8) is 0 Å². The smallest absolute Gasteiger partial charge is 0.211 e. The predicted octanol–water partition coefficient (Wildman–Crippen LogP) is 2.01. The monoisotopic (exact) mass is 310 g/mol. The lowest BCUT2D eigenvalue weighted by Gasteiger charge is -2.32. The molecule has 0 spiro atoms. The Morgan fingerprint density at radius 2 is 2.05 bits per heavy atom. The molecule has 1 aliphatic rings. The van der Waals surface area contributed by atoms with Crippen LogP contribution in [0, 0.1) is 5.92 Å². The summed E-state index contributed by atoms with van der Waals surface area (Å²) in [5.74, 6) is 0.402. The molecule has 4 nitrogen and oxygen atoms in total. The fourth-order valence-corrected chi connectivity index (χ4v) is 4.01. The average Bonchev–Trinajstić information content (AvgIpc) is 2.46. The Bertz CT molecular complexity index is 530. The summed E-state index contributed by atoms with van der Waals surface area (Å²) in [6.45, 7) is 1.30. The Balaban J connectivity index is 1.78. The van der Waals surface area contributed by atoms with Crippen molar-refractivity contribution in [2.24, 2.45) is 11.7 Å². The van der Waals surface area contributed by atoms with E-state index in [1.807, 2.05) is 18.2 Å². The molecule has 2 atom stereocenters. The molecule has 0 amide bonds. The molecule has 0 aliphatic carbocycles. The van der Waals surface area contributed by atoms with E-state index in [1.54, 1.807) is 4.31 Å². The molecular weight excluding hydrogens is 284 g/mol. The summed E-state index contributed by atoms with van der Waals surface area (Å²) >= 11 is 0. The summed E-state index contributed by atoms with van der Waals surface area (Å²) in [7, 11) is -3.06. The zero-order valence-corrected chi connectivity index (χ0v) is 13.6. The van der Waals surface area contributed by atoms with Gasteiger partial charge in [0.15, 0.2) is 0 Å². The van der Waals surface area contributed by atoms with Gasteiger partial charge in [0.25, 0.3) is 0 Å². The minimum Gasteiger partial charge on any atom is -0.328 e. The van der Waals surface area contributed by atoms with E-state index >= 15 is 0 Å². The molecule has 1 heterocycles. The molecule has 1 aromatic carbocycles. The molecule has 21 heavy (non-hydrogen) atoms. The molecule has 0 aromatic heterocycles. The van der Waals surface area contributed by atoms with Gasteiger partial charge in [0.05, 0.1) is 6.26 Å². The standard InChI is InChI=1S/C16H26N2O2S/c1-21(19,20)18-11-5-8-15(13-18)12-16(17)10-9-14-6-3-2-4-7-14/h2-4,6-7,15-16H,5,8-13,17H2,1H3. The topological polar surface area (TPSA) is 63.4 Å². The van der Waals surface area contributed by atoms with Crippen molar-refractivity contribution >= 4 is 10.0 Å². The maximum absolute atomic E-state index is 11.6. The van der Waals surface area contributed by atoms with Gasteiger partial charge in [-0.3, -0.25) is 0 Å². The Morgan fingerprint density at radius 1 is 1.33 bits per heavy atom. The number of nitrogens with zero attached hydrogens (tertiary/aromatic N) is 1. The van der Waals surface area contributed by atoms with Gasteiger partial charge in [0, 0.05) is 19.1 Å². The molecule has 0 radical (unpaired) electrons. The van der Waals surface area contributed by atoms with Crippen molar-refractivity contribution in [1.82, 2.24) is 4.31 Å². The van der Waals surface area contributed by atoms with E-state index in [4.69, 9.17) is 5.73 Å². The van der Waals surface area contributed by atoms with Crippen molar-refractivity contribution in [3.8, 4) is 0 Å². The second-order valence-electron chi connectivity index (χ2n) is 6.15. The van der Waals surface area contributed by atoms with Crippen LogP contribution < -0.4 is 5.73 Å². The van der Waals surface area contributed by atoms with Crippen LogP contribution in [0.4, 0.5) is 0 Å². The Morgan fingerprint density at radius 3 is 2.71 bits per heavy atom. The van der Waals surface area contributed by atoms with Gasteiger partial charge < -0.3 is 5.73 Å². The molecule has 5 heteroatoms. The van der Waals surface area contributed by atoms with Crippen LogP contribution in [0.15, 0.2) is 30.3 Å². The van der Waals surface area contributed by atoms with Crippen LogP contribution in [-0.2, 0) is 16.4 Å². The summed E-state index contributed by atoms with van der Waals surface area (Å²) in [5.41, 5.74) is 7.55. The number of sulfonamides is 1. The molecule has 0 bridgehead atoms. The SMILES string of the molecule is CS(=O)(=O)N1CCCC(CC(N)CCc2ccccc2)C1. The van der Waals surface area contributed by atoms with Crippen molar-refractivity contribution in [1.29, 1.82) is 0 Å². The van der Waals surface area contributed by atoms with Crippen molar-refractivity contribution in [2.45, 2.75) is 38.1 Å². The third-order valence-electron chi connectivity index (χ3n) is 4.23. The highest BCUT2D eigenvalue weighted by Gasteiger charge is 2.26. The minimum atomic E-state index is -3.06. The van der Waals surface area contributed by atoms with Crippen molar-refractivity contribution < 1.29 is 8.42 Å². The maximum Gasteiger partial charge on any atom is 0.211 e. The molecule has 1 saturated heterocycles. The third kappa shape index (κ3) is 5.41. The zero-order valence-electron chi connectivity index (χ0n) is 12.7. The van der Waals surface area contributed by atoms with Gasteiger partial charge in [-0.1, -0.05) is 30.3 Å². The summed E-state index contributed by atoms with van der Waals surface area (Å²) in [6, 6.07) is 10.5. The largest absolute Gasteiger partial charge is 0.328 e. The van der Waals surface area contributed by atoms with Crippen LogP contribution in [0.2, 0.25) is 0 Å². The average molecular weight is 310 g/mol. The molecule has 1 aromatic rings. The number of piperidine rings is 1. The molecule has 1 aliphatic heterocycles. The van der Waals surface area contributed by atoms with Crippen LogP contribution >= 0.6 is 0 Å². The van der Waals surface area contributed by atoms with Crippen molar-refractivity contribution in [3.05, 3.63) is 35.9 Å². The number of nitrogens with two attached hydrogens (primary N) is 1. The van der Waals surface area contributed by atoms with E-state index in [0.717, 1.165) is 32.1 Å². The van der Waals surface area contributed by atoms with Gasteiger partial charge in [-0.05, 0) is 43.6 Å². The second-order valence-corrected chi connectivity index (χ2v) is 8.13. The molecule has 118 valence electrons. The summed E-state index contributed by atoms with van der Waals surface area (Å²) in [6.07, 6.45) is 6.20. The zero-order chi connectivity index (χ0) is 15.3. The third-order valence-corrected chi connectivity index (χ3v) is 5.50. The molecule has 0 saturated carbocycles. The summed E-state index contributed by atoms with van der Waals surface area (Å²) < 4.78 is 24.8. The number of rotatable bonds is 6. The predicted molar refractivity (Wildman–Crippen MR) is 86.5 cm³/mol. The fraction of sp³-hybridized carbons (Fsp3) is 0.625. The van der Waals surface area contributed by atoms with Gasteiger partial charge >= 0.3 is 0 Å². The van der Waals surface area contributed by atoms with E-state index in [-0.39, 0.29) is 6.04 Å². The van der Waals surface area contributed by atoms with Crippen LogP contribution in [0.5, 0.6) is 0 Å². The Kier molecular flexibility index (Phi) is 5.79. The first-order chi connectivity index (χ1) is 9.95. The van der Waals surface area contributed by atoms with Gasteiger partial charge in [-0.15, -0.1) is 0 Å². The lowest BCUT2D eigenvalue weighted by atomic mass is 9.90. The van der Waals surface area contributed by atoms with Gasteiger partial charge in [0.2, 0.25) is 10.0 Å². The number of hydrogen-bond donors (Lipinski definition) is 1. The first-order valence-corrected chi connectivity index (χ1v) is 9.54. The van der Waals surface area contributed by atoms with E-state index in [1.165, 1.54) is 11.8 Å². The highest BCUT2D eigenvalue weighted by Crippen LogP contribution is 2.23. The fourth-order valence-electron chi connectivity index (χ4n) is 3.06. The highest BCUT2D eigenvalue weighted by molar-refractivity contribution is 7.88.